The summed E-state index contributed by atoms with van der Waals surface area (Å²) < 4.78 is 39.8. The average molecular weight is 494 g/mol. The van der Waals surface area contributed by atoms with Gasteiger partial charge in [0.1, 0.15) is 0 Å². The Morgan fingerprint density at radius 2 is 1.71 bits per heavy atom. The monoisotopic (exact) mass is 492 g/mol. The zero-order valence-electron chi connectivity index (χ0n) is 16.5. The molecule has 168 valence electrons. The van der Waals surface area contributed by atoms with Crippen LogP contribution in [0.3, 0.4) is 0 Å². The fourth-order valence-electron chi connectivity index (χ4n) is 4.61. The summed E-state index contributed by atoms with van der Waals surface area (Å²) in [4.78, 5) is 15.5. The average Bonchev–Trinajstić information content (AvgIpc) is 2.72. The highest BCUT2D eigenvalue weighted by atomic mass is 35.5. The van der Waals surface area contributed by atoms with Crippen molar-refractivity contribution >= 4 is 41.5 Å². The van der Waals surface area contributed by atoms with Gasteiger partial charge in [-0.05, 0) is 56.0 Å². The molecule has 31 heavy (non-hydrogen) atoms. The molecule has 3 heterocycles. The Kier molecular flexibility index (Phi) is 7.47. The van der Waals surface area contributed by atoms with Crippen LogP contribution in [0.15, 0.2) is 42.5 Å². The van der Waals surface area contributed by atoms with Crippen molar-refractivity contribution in [1.82, 2.24) is 10.2 Å². The maximum Gasteiger partial charge on any atom is 0.417 e. The molecule has 3 fully saturated rings. The van der Waals surface area contributed by atoms with Crippen molar-refractivity contribution in [3.63, 3.8) is 0 Å². The van der Waals surface area contributed by atoms with E-state index in [4.69, 9.17) is 23.2 Å². The number of amides is 1. The Balaban J connectivity index is 0.00000272. The van der Waals surface area contributed by atoms with Gasteiger partial charge in [-0.3, -0.25) is 9.69 Å². The van der Waals surface area contributed by atoms with E-state index in [1.807, 2.05) is 30.3 Å². The molecule has 9 heteroatoms. The molecule has 2 bridgehead atoms. The van der Waals surface area contributed by atoms with Crippen molar-refractivity contribution in [3.05, 3.63) is 69.2 Å². The molecular formula is C22H22Cl3F3N2O. The second-order valence-corrected chi connectivity index (χ2v) is 8.71. The maximum absolute atomic E-state index is 13.3. The van der Waals surface area contributed by atoms with Crippen LogP contribution in [0, 0.1) is 5.92 Å². The first kappa shape index (κ1) is 24.2. The molecule has 3 aliphatic heterocycles. The largest absolute Gasteiger partial charge is 0.417 e. The first-order chi connectivity index (χ1) is 14.3. The van der Waals surface area contributed by atoms with Crippen LogP contribution in [-0.4, -0.2) is 29.9 Å². The summed E-state index contributed by atoms with van der Waals surface area (Å²) in [5.41, 5.74) is -0.511. The number of alkyl halides is 3. The third kappa shape index (κ3) is 4.98. The van der Waals surface area contributed by atoms with E-state index in [2.05, 4.69) is 10.2 Å². The molecule has 0 aromatic heterocycles. The SMILES string of the molecule is Cl.O=C(N[C@@H](c1ccccc1)[C@@H]1CC2CCN1CC2)c1c(Cl)ccc(C(F)(F)F)c1Cl. The van der Waals surface area contributed by atoms with Crippen LogP contribution in [0.1, 0.15) is 46.8 Å². The molecule has 0 aliphatic carbocycles. The fraction of sp³-hybridized carbons (Fsp3) is 0.409. The zero-order chi connectivity index (χ0) is 21.5. The van der Waals surface area contributed by atoms with Gasteiger partial charge in [-0.25, -0.2) is 0 Å². The van der Waals surface area contributed by atoms with Crippen molar-refractivity contribution in [3.8, 4) is 0 Å². The van der Waals surface area contributed by atoms with Crippen LogP contribution in [0.5, 0.6) is 0 Å². The van der Waals surface area contributed by atoms with Gasteiger partial charge >= 0.3 is 6.18 Å². The molecule has 0 spiro atoms. The number of fused-ring (bicyclic) bond motifs is 3. The minimum absolute atomic E-state index is 0. The highest BCUT2D eigenvalue weighted by Gasteiger charge is 2.40. The van der Waals surface area contributed by atoms with E-state index < -0.39 is 22.7 Å². The van der Waals surface area contributed by atoms with E-state index in [1.165, 1.54) is 0 Å². The molecule has 5 rings (SSSR count). The maximum atomic E-state index is 13.3. The van der Waals surface area contributed by atoms with E-state index in [0.29, 0.717) is 5.92 Å². The smallest absolute Gasteiger partial charge is 0.344 e. The summed E-state index contributed by atoms with van der Waals surface area (Å²) in [6.07, 6.45) is -1.47. The Morgan fingerprint density at radius 1 is 1.06 bits per heavy atom. The summed E-state index contributed by atoms with van der Waals surface area (Å²) >= 11 is 12.1. The van der Waals surface area contributed by atoms with Crippen molar-refractivity contribution in [1.29, 1.82) is 0 Å². The number of carbonyl (C=O) groups excluding carboxylic acids is 1. The quantitative estimate of drug-likeness (QED) is 0.535. The number of benzene rings is 2. The molecule has 0 radical (unpaired) electrons. The first-order valence-electron chi connectivity index (χ1n) is 9.90. The summed E-state index contributed by atoms with van der Waals surface area (Å²) in [6, 6.07) is 11.1. The minimum Gasteiger partial charge on any atom is -0.344 e. The fourth-order valence-corrected chi connectivity index (χ4v) is 5.26. The van der Waals surface area contributed by atoms with Crippen LogP contribution >= 0.6 is 35.6 Å². The van der Waals surface area contributed by atoms with E-state index in [0.717, 1.165) is 50.0 Å². The Labute approximate surface area is 195 Å². The number of nitrogens with zero attached hydrogens (tertiary/aromatic N) is 1. The minimum atomic E-state index is -4.68. The molecule has 2 aromatic carbocycles. The lowest BCUT2D eigenvalue weighted by Crippen LogP contribution is -2.54. The van der Waals surface area contributed by atoms with Crippen LogP contribution in [0.4, 0.5) is 13.2 Å². The van der Waals surface area contributed by atoms with Gasteiger partial charge in [-0.15, -0.1) is 12.4 Å². The number of piperidine rings is 3. The van der Waals surface area contributed by atoms with Crippen molar-refractivity contribution in [2.45, 2.75) is 37.5 Å². The Hall–Kier alpha value is -1.47. The van der Waals surface area contributed by atoms with Gasteiger partial charge in [0.2, 0.25) is 0 Å². The second kappa shape index (κ2) is 9.57. The predicted octanol–water partition coefficient (Wildman–Crippen LogP) is 6.39. The number of halogens is 6. The molecule has 1 N–H and O–H groups in total. The predicted molar refractivity (Wildman–Crippen MR) is 118 cm³/mol. The number of hydrogen-bond acceptors (Lipinski definition) is 2. The topological polar surface area (TPSA) is 32.3 Å². The molecular weight excluding hydrogens is 472 g/mol. The van der Waals surface area contributed by atoms with Crippen molar-refractivity contribution < 1.29 is 18.0 Å². The molecule has 2 aromatic rings. The summed E-state index contributed by atoms with van der Waals surface area (Å²) in [7, 11) is 0. The summed E-state index contributed by atoms with van der Waals surface area (Å²) in [5, 5.41) is 2.16. The number of carbonyl (C=O) groups is 1. The second-order valence-electron chi connectivity index (χ2n) is 7.93. The summed E-state index contributed by atoms with van der Waals surface area (Å²) in [5.74, 6) is -0.101. The highest BCUT2D eigenvalue weighted by Crippen LogP contribution is 2.40. The van der Waals surface area contributed by atoms with Gasteiger partial charge < -0.3 is 5.32 Å². The molecule has 2 atom stereocenters. The normalized spacial score (nSPS) is 23.7. The van der Waals surface area contributed by atoms with Gasteiger partial charge in [0.15, 0.2) is 0 Å². The molecule has 3 aliphatic rings. The van der Waals surface area contributed by atoms with Gasteiger partial charge in [0.25, 0.3) is 5.91 Å². The van der Waals surface area contributed by atoms with Gasteiger partial charge in [-0.1, -0.05) is 53.5 Å². The van der Waals surface area contributed by atoms with Crippen LogP contribution in [-0.2, 0) is 6.18 Å². The number of nitrogens with one attached hydrogen (secondary N) is 1. The van der Waals surface area contributed by atoms with E-state index in [9.17, 15) is 18.0 Å². The zero-order valence-corrected chi connectivity index (χ0v) is 18.8. The molecule has 1 amide bonds. The van der Waals surface area contributed by atoms with Crippen molar-refractivity contribution in [2.75, 3.05) is 13.1 Å². The lowest BCUT2D eigenvalue weighted by atomic mass is 9.79. The third-order valence-corrected chi connectivity index (χ3v) is 6.85. The van der Waals surface area contributed by atoms with Gasteiger partial charge in [0, 0.05) is 6.04 Å². The standard InChI is InChI=1S/C22H21Cl2F3N2O.ClH/c23-16-7-6-15(22(25,26)27)19(24)18(16)21(30)28-20(14-4-2-1-3-5-14)17-12-13-8-10-29(17)11-9-13;/h1-7,13,17,20H,8-12H2,(H,28,30);1H/t17-,20-;/m0./s1. The number of rotatable bonds is 4. The molecule has 0 unspecified atom stereocenters. The van der Waals surface area contributed by atoms with Gasteiger partial charge in [-0.2, -0.15) is 13.2 Å². The molecule has 3 saturated heterocycles. The lowest BCUT2D eigenvalue weighted by molar-refractivity contribution is -0.137. The third-order valence-electron chi connectivity index (χ3n) is 6.15. The molecule has 3 nitrogen and oxygen atoms in total. The Morgan fingerprint density at radius 3 is 2.26 bits per heavy atom. The van der Waals surface area contributed by atoms with E-state index in [-0.39, 0.29) is 35.1 Å². The number of hydrogen-bond donors (Lipinski definition) is 1. The van der Waals surface area contributed by atoms with Crippen LogP contribution in [0.2, 0.25) is 10.0 Å². The van der Waals surface area contributed by atoms with E-state index >= 15 is 0 Å². The Bertz CT molecular complexity index is 932. The lowest BCUT2D eigenvalue weighted by Gasteiger charge is -2.48. The van der Waals surface area contributed by atoms with E-state index in [1.54, 1.807) is 0 Å². The summed E-state index contributed by atoms with van der Waals surface area (Å²) in [6.45, 7) is 1.92. The first-order valence-corrected chi connectivity index (χ1v) is 10.7. The van der Waals surface area contributed by atoms with Crippen LogP contribution in [0.25, 0.3) is 0 Å². The molecule has 0 saturated carbocycles. The van der Waals surface area contributed by atoms with Gasteiger partial charge in [0.05, 0.1) is 27.2 Å². The van der Waals surface area contributed by atoms with Crippen molar-refractivity contribution in [2.24, 2.45) is 5.92 Å². The highest BCUT2D eigenvalue weighted by molar-refractivity contribution is 6.40. The van der Waals surface area contributed by atoms with Crippen LogP contribution < -0.4 is 5.32 Å².